The van der Waals surface area contributed by atoms with Gasteiger partial charge in [-0.15, -0.1) is 22.7 Å². The van der Waals surface area contributed by atoms with E-state index in [2.05, 4.69) is 21.8 Å². The molecule has 2 heterocycles. The highest BCUT2D eigenvalue weighted by Gasteiger charge is 2.17. The molecule has 0 unspecified atom stereocenters. The molecule has 0 atom stereocenters. The minimum atomic E-state index is -3.46. The predicted molar refractivity (Wildman–Crippen MR) is 99.2 cm³/mol. The van der Waals surface area contributed by atoms with Crippen molar-refractivity contribution in [2.45, 2.75) is 31.0 Å². The molecule has 0 aliphatic rings. The van der Waals surface area contributed by atoms with Gasteiger partial charge in [-0.25, -0.2) is 18.1 Å². The highest BCUT2D eigenvalue weighted by atomic mass is 32.2. The van der Waals surface area contributed by atoms with Gasteiger partial charge in [0.1, 0.15) is 9.22 Å². The molecular formula is C17H18N2O2S3. The van der Waals surface area contributed by atoms with Crippen molar-refractivity contribution < 1.29 is 8.42 Å². The van der Waals surface area contributed by atoms with Crippen LogP contribution in [0.2, 0.25) is 0 Å². The first-order chi connectivity index (χ1) is 11.4. The van der Waals surface area contributed by atoms with E-state index in [1.165, 1.54) is 21.8 Å². The SMILES string of the molecule is Cc1ccc(S(=O)(=O)NCc2nc(C)c(Cc3ccccc3)s2)s1. The van der Waals surface area contributed by atoms with Gasteiger partial charge in [0.15, 0.2) is 0 Å². The first kappa shape index (κ1) is 17.3. The molecule has 0 saturated carbocycles. The molecule has 24 heavy (non-hydrogen) atoms. The maximum atomic E-state index is 12.3. The number of sulfonamides is 1. The number of benzene rings is 1. The zero-order valence-corrected chi connectivity index (χ0v) is 15.9. The molecule has 0 bridgehead atoms. The molecule has 3 rings (SSSR count). The summed E-state index contributed by atoms with van der Waals surface area (Å²) in [5.41, 5.74) is 2.19. The molecule has 7 heteroatoms. The number of nitrogens with one attached hydrogen (secondary N) is 1. The summed E-state index contributed by atoms with van der Waals surface area (Å²) in [5, 5.41) is 0.787. The maximum absolute atomic E-state index is 12.3. The average Bonchev–Trinajstić information content (AvgIpc) is 3.14. The molecular weight excluding hydrogens is 360 g/mol. The van der Waals surface area contributed by atoms with E-state index in [1.54, 1.807) is 17.4 Å². The fourth-order valence-corrected chi connectivity index (χ4v) is 5.74. The van der Waals surface area contributed by atoms with E-state index < -0.39 is 10.0 Å². The Balaban J connectivity index is 1.69. The van der Waals surface area contributed by atoms with Crippen LogP contribution in [0.15, 0.2) is 46.7 Å². The molecule has 0 saturated heterocycles. The lowest BCUT2D eigenvalue weighted by Crippen LogP contribution is -2.22. The van der Waals surface area contributed by atoms with Gasteiger partial charge in [0, 0.05) is 16.2 Å². The minimum absolute atomic E-state index is 0.222. The maximum Gasteiger partial charge on any atom is 0.250 e. The van der Waals surface area contributed by atoms with Crippen molar-refractivity contribution >= 4 is 32.7 Å². The Morgan fingerprint density at radius 1 is 1.04 bits per heavy atom. The van der Waals surface area contributed by atoms with Crippen LogP contribution in [0, 0.1) is 13.8 Å². The topological polar surface area (TPSA) is 59.1 Å². The summed E-state index contributed by atoms with van der Waals surface area (Å²) >= 11 is 2.83. The van der Waals surface area contributed by atoms with Crippen LogP contribution in [0.4, 0.5) is 0 Å². The van der Waals surface area contributed by atoms with Gasteiger partial charge in [0.2, 0.25) is 10.0 Å². The third kappa shape index (κ3) is 4.10. The van der Waals surface area contributed by atoms with Crippen molar-refractivity contribution in [2.75, 3.05) is 0 Å². The lowest BCUT2D eigenvalue weighted by Gasteiger charge is -2.02. The second-order valence-corrected chi connectivity index (χ2v) is 9.92. The van der Waals surface area contributed by atoms with Crippen LogP contribution in [0.25, 0.3) is 0 Å². The Hall–Kier alpha value is -1.54. The Morgan fingerprint density at radius 3 is 2.46 bits per heavy atom. The summed E-state index contributed by atoms with van der Waals surface area (Å²) < 4.78 is 27.5. The van der Waals surface area contributed by atoms with Crippen molar-refractivity contribution in [2.24, 2.45) is 0 Å². The number of nitrogens with zero attached hydrogens (tertiary/aromatic N) is 1. The first-order valence-electron chi connectivity index (χ1n) is 7.49. The van der Waals surface area contributed by atoms with Crippen molar-refractivity contribution in [3.8, 4) is 0 Å². The number of aryl methyl sites for hydroxylation is 2. The fraction of sp³-hybridized carbons (Fsp3) is 0.235. The van der Waals surface area contributed by atoms with Crippen molar-refractivity contribution in [3.05, 3.63) is 68.5 Å². The average molecular weight is 379 g/mol. The van der Waals surface area contributed by atoms with Crippen LogP contribution in [-0.2, 0) is 23.0 Å². The molecule has 0 amide bonds. The van der Waals surface area contributed by atoms with Crippen LogP contribution in [0.1, 0.15) is 26.0 Å². The quantitative estimate of drug-likeness (QED) is 0.708. The zero-order valence-electron chi connectivity index (χ0n) is 13.4. The molecule has 1 aromatic carbocycles. The molecule has 0 radical (unpaired) electrons. The lowest BCUT2D eigenvalue weighted by atomic mass is 10.1. The summed E-state index contributed by atoms with van der Waals surface area (Å²) in [6.07, 6.45) is 0.821. The Bertz CT molecular complexity index is 928. The van der Waals surface area contributed by atoms with Gasteiger partial charge < -0.3 is 0 Å². The van der Waals surface area contributed by atoms with Crippen LogP contribution in [0.3, 0.4) is 0 Å². The number of thiophene rings is 1. The van der Waals surface area contributed by atoms with Crippen molar-refractivity contribution in [3.63, 3.8) is 0 Å². The van der Waals surface area contributed by atoms with Crippen LogP contribution in [-0.4, -0.2) is 13.4 Å². The predicted octanol–water partition coefficient (Wildman–Crippen LogP) is 3.89. The fourth-order valence-electron chi connectivity index (χ4n) is 2.29. The normalized spacial score (nSPS) is 11.8. The summed E-state index contributed by atoms with van der Waals surface area (Å²) in [6, 6.07) is 13.6. The molecule has 4 nitrogen and oxygen atoms in total. The smallest absolute Gasteiger partial charge is 0.245 e. The molecule has 126 valence electrons. The number of rotatable bonds is 6. The summed E-state index contributed by atoms with van der Waals surface area (Å²) in [6.45, 7) is 4.08. The van der Waals surface area contributed by atoms with Gasteiger partial charge in [-0.05, 0) is 31.5 Å². The summed E-state index contributed by atoms with van der Waals surface area (Å²) in [4.78, 5) is 6.65. The first-order valence-corrected chi connectivity index (χ1v) is 10.6. The molecule has 1 N–H and O–H groups in total. The number of aromatic nitrogens is 1. The van der Waals surface area contributed by atoms with Crippen LogP contribution in [0.5, 0.6) is 0 Å². The summed E-state index contributed by atoms with van der Waals surface area (Å²) in [5.74, 6) is 0. The second-order valence-electron chi connectivity index (χ2n) is 5.47. The molecule has 0 aliphatic carbocycles. The van der Waals surface area contributed by atoms with Gasteiger partial charge in [-0.1, -0.05) is 30.3 Å². The van der Waals surface area contributed by atoms with E-state index in [4.69, 9.17) is 0 Å². The second kappa shape index (κ2) is 7.14. The number of hydrogen-bond donors (Lipinski definition) is 1. The van der Waals surface area contributed by atoms with E-state index in [9.17, 15) is 8.42 Å². The van der Waals surface area contributed by atoms with Gasteiger partial charge in [-0.2, -0.15) is 0 Å². The Morgan fingerprint density at radius 2 is 1.79 bits per heavy atom. The molecule has 0 aliphatic heterocycles. The summed E-state index contributed by atoms with van der Waals surface area (Å²) in [7, 11) is -3.46. The van der Waals surface area contributed by atoms with Gasteiger partial charge >= 0.3 is 0 Å². The van der Waals surface area contributed by atoms with Crippen LogP contribution < -0.4 is 4.72 Å². The number of hydrogen-bond acceptors (Lipinski definition) is 5. The van der Waals surface area contributed by atoms with Crippen molar-refractivity contribution in [1.29, 1.82) is 0 Å². The lowest BCUT2D eigenvalue weighted by molar-refractivity contribution is 0.583. The Kier molecular flexibility index (Phi) is 5.15. The van der Waals surface area contributed by atoms with Crippen LogP contribution >= 0.6 is 22.7 Å². The highest BCUT2D eigenvalue weighted by Crippen LogP contribution is 2.23. The third-order valence-electron chi connectivity index (χ3n) is 3.54. The molecule has 2 aromatic heterocycles. The standard InChI is InChI=1S/C17H18N2O2S3/c1-12-8-9-17(22-12)24(20,21)18-11-16-19-13(2)15(23-16)10-14-6-4-3-5-7-14/h3-9,18H,10-11H2,1-2H3. The Labute approximate surface area is 150 Å². The van der Waals surface area contributed by atoms with E-state index in [0.29, 0.717) is 4.21 Å². The number of thiazole rings is 1. The largest absolute Gasteiger partial charge is 0.250 e. The monoisotopic (exact) mass is 378 g/mol. The molecule has 0 spiro atoms. The van der Waals surface area contributed by atoms with Gasteiger partial charge in [-0.3, -0.25) is 0 Å². The molecule has 0 fully saturated rings. The molecule has 3 aromatic rings. The minimum Gasteiger partial charge on any atom is -0.245 e. The van der Waals surface area contributed by atoms with Crippen molar-refractivity contribution in [1.82, 2.24) is 9.71 Å². The van der Waals surface area contributed by atoms with E-state index in [-0.39, 0.29) is 6.54 Å². The van der Waals surface area contributed by atoms with E-state index >= 15 is 0 Å². The van der Waals surface area contributed by atoms with E-state index in [1.807, 2.05) is 38.1 Å². The highest BCUT2D eigenvalue weighted by molar-refractivity contribution is 7.91. The third-order valence-corrected chi connectivity index (χ3v) is 7.59. The van der Waals surface area contributed by atoms with Gasteiger partial charge in [0.25, 0.3) is 0 Å². The van der Waals surface area contributed by atoms with E-state index in [0.717, 1.165) is 22.0 Å². The van der Waals surface area contributed by atoms with Gasteiger partial charge in [0.05, 0.1) is 12.2 Å². The zero-order chi connectivity index (χ0) is 17.2.